The summed E-state index contributed by atoms with van der Waals surface area (Å²) in [5, 5.41) is 9.81. The lowest BCUT2D eigenvalue weighted by molar-refractivity contribution is -0.138. The summed E-state index contributed by atoms with van der Waals surface area (Å²) in [6, 6.07) is 12.2. The Hall–Kier alpha value is -3.84. The van der Waals surface area contributed by atoms with Crippen LogP contribution >= 0.6 is 11.6 Å². The number of halogens is 4. The maximum atomic E-state index is 13.6. The highest BCUT2D eigenvalue weighted by Gasteiger charge is 2.38. The van der Waals surface area contributed by atoms with Crippen LogP contribution in [0.15, 0.2) is 48.7 Å². The number of anilines is 1. The van der Waals surface area contributed by atoms with Crippen LogP contribution in [0.25, 0.3) is 11.3 Å². The standard InChI is InChI=1S/C27H25ClF3N5O2/c1-3-18-16-35(26(37)19-8-7-17(28)14-21(19)27(29,30)31)12-13-36(18)24-10-9-22(34-23(24)15-32)20-6-5-11-33-25(20)38-4-2/h5-11,14,18H,3-4,12-13,16H2,1-2H3/t18-/m1/s1. The fraction of sp³-hybridized carbons (Fsp3) is 0.333. The molecule has 0 radical (unpaired) electrons. The minimum absolute atomic E-state index is 0.0928. The number of carbonyl (C=O) groups excluding carboxylic acids is 1. The Morgan fingerprint density at radius 1 is 1.21 bits per heavy atom. The van der Waals surface area contributed by atoms with E-state index in [2.05, 4.69) is 16.0 Å². The van der Waals surface area contributed by atoms with Gasteiger partial charge in [-0.2, -0.15) is 18.4 Å². The number of pyridine rings is 2. The van der Waals surface area contributed by atoms with Gasteiger partial charge in [-0.1, -0.05) is 18.5 Å². The first kappa shape index (κ1) is 27.2. The van der Waals surface area contributed by atoms with Crippen molar-refractivity contribution in [1.82, 2.24) is 14.9 Å². The summed E-state index contributed by atoms with van der Waals surface area (Å²) in [7, 11) is 0. The monoisotopic (exact) mass is 543 g/mol. The van der Waals surface area contributed by atoms with Gasteiger partial charge in [0, 0.05) is 36.9 Å². The quantitative estimate of drug-likeness (QED) is 0.389. The van der Waals surface area contributed by atoms with Crippen molar-refractivity contribution >= 4 is 23.2 Å². The molecule has 0 spiro atoms. The Morgan fingerprint density at radius 2 is 2.00 bits per heavy atom. The van der Waals surface area contributed by atoms with Gasteiger partial charge in [0.05, 0.1) is 34.7 Å². The maximum absolute atomic E-state index is 13.6. The van der Waals surface area contributed by atoms with E-state index in [0.29, 0.717) is 42.4 Å². The van der Waals surface area contributed by atoms with Crippen molar-refractivity contribution in [2.75, 3.05) is 31.1 Å². The summed E-state index contributed by atoms with van der Waals surface area (Å²) in [5.41, 5.74) is 0.493. The fourth-order valence-corrected chi connectivity index (χ4v) is 4.74. The second kappa shape index (κ2) is 11.3. The van der Waals surface area contributed by atoms with Crippen molar-refractivity contribution in [3.8, 4) is 23.2 Å². The third-order valence-electron chi connectivity index (χ3n) is 6.38. The van der Waals surface area contributed by atoms with Crippen molar-refractivity contribution in [3.05, 3.63) is 70.5 Å². The molecule has 1 aliphatic heterocycles. The van der Waals surface area contributed by atoms with Crippen LogP contribution in [-0.2, 0) is 6.18 Å². The molecule has 4 rings (SSSR count). The number of piperazine rings is 1. The summed E-state index contributed by atoms with van der Waals surface area (Å²) in [4.78, 5) is 25.4. The second-order valence-corrected chi connectivity index (χ2v) is 9.10. The van der Waals surface area contributed by atoms with Crippen molar-refractivity contribution in [2.24, 2.45) is 0 Å². The van der Waals surface area contributed by atoms with E-state index in [4.69, 9.17) is 16.3 Å². The number of nitriles is 1. The van der Waals surface area contributed by atoms with Gasteiger partial charge in [-0.05, 0) is 55.8 Å². The molecule has 0 bridgehead atoms. The molecule has 1 aromatic carbocycles. The summed E-state index contributed by atoms with van der Waals surface area (Å²) in [5.74, 6) is -0.292. The molecule has 3 aromatic rings. The van der Waals surface area contributed by atoms with E-state index in [0.717, 1.165) is 12.1 Å². The van der Waals surface area contributed by atoms with Crippen LogP contribution in [-0.4, -0.2) is 53.1 Å². The maximum Gasteiger partial charge on any atom is 0.417 e. The molecule has 0 unspecified atom stereocenters. The lowest BCUT2D eigenvalue weighted by Gasteiger charge is -2.42. The Kier molecular flexibility index (Phi) is 8.07. The molecule has 3 heterocycles. The van der Waals surface area contributed by atoms with Gasteiger partial charge in [-0.25, -0.2) is 9.97 Å². The molecule has 198 valence electrons. The molecule has 2 aromatic heterocycles. The smallest absolute Gasteiger partial charge is 0.417 e. The fourth-order valence-electron chi connectivity index (χ4n) is 4.57. The molecule has 1 aliphatic rings. The SMILES string of the molecule is CCOc1ncccc1-c1ccc(N2CCN(C(=O)c3ccc(Cl)cc3C(F)(F)F)C[C@H]2CC)c(C#N)n1. The molecule has 1 fully saturated rings. The number of hydrogen-bond acceptors (Lipinski definition) is 6. The molecule has 0 N–H and O–H groups in total. The third kappa shape index (κ3) is 5.53. The second-order valence-electron chi connectivity index (χ2n) is 8.66. The van der Waals surface area contributed by atoms with Crippen LogP contribution in [0.3, 0.4) is 0 Å². The van der Waals surface area contributed by atoms with Crippen LogP contribution < -0.4 is 9.64 Å². The summed E-state index contributed by atoms with van der Waals surface area (Å²) in [6.45, 7) is 4.90. The molecule has 1 amide bonds. The van der Waals surface area contributed by atoms with Gasteiger partial charge in [0.15, 0.2) is 5.69 Å². The van der Waals surface area contributed by atoms with E-state index in [-0.39, 0.29) is 29.8 Å². The number of carbonyl (C=O) groups is 1. The largest absolute Gasteiger partial charge is 0.477 e. The van der Waals surface area contributed by atoms with Crippen LogP contribution in [0.4, 0.5) is 18.9 Å². The summed E-state index contributed by atoms with van der Waals surface area (Å²) >= 11 is 5.77. The van der Waals surface area contributed by atoms with E-state index >= 15 is 0 Å². The average Bonchev–Trinajstić information content (AvgIpc) is 2.92. The molecule has 11 heteroatoms. The topological polar surface area (TPSA) is 82.4 Å². The molecule has 1 saturated heterocycles. The molecular formula is C27H25ClF3N5O2. The van der Waals surface area contributed by atoms with Crippen LogP contribution in [0.1, 0.15) is 41.9 Å². The van der Waals surface area contributed by atoms with E-state index in [1.807, 2.05) is 24.8 Å². The summed E-state index contributed by atoms with van der Waals surface area (Å²) in [6.07, 6.45) is -2.50. The molecule has 0 saturated carbocycles. The number of alkyl halides is 3. The van der Waals surface area contributed by atoms with Crippen LogP contribution in [0, 0.1) is 11.3 Å². The van der Waals surface area contributed by atoms with Crippen LogP contribution in [0.5, 0.6) is 5.88 Å². The zero-order valence-electron chi connectivity index (χ0n) is 20.8. The van der Waals surface area contributed by atoms with Crippen LogP contribution in [0.2, 0.25) is 5.02 Å². The Labute approximate surface area is 223 Å². The highest BCUT2D eigenvalue weighted by atomic mass is 35.5. The van der Waals surface area contributed by atoms with Gasteiger partial charge in [0.1, 0.15) is 6.07 Å². The lowest BCUT2D eigenvalue weighted by Crippen LogP contribution is -2.55. The normalized spacial score (nSPS) is 15.8. The van der Waals surface area contributed by atoms with Gasteiger partial charge in [0.25, 0.3) is 5.91 Å². The zero-order valence-corrected chi connectivity index (χ0v) is 21.6. The highest BCUT2D eigenvalue weighted by molar-refractivity contribution is 6.30. The number of benzene rings is 1. The predicted octanol–water partition coefficient (Wildman–Crippen LogP) is 5.83. The number of amides is 1. The Bertz CT molecular complexity index is 1380. The minimum Gasteiger partial charge on any atom is -0.477 e. The number of hydrogen-bond donors (Lipinski definition) is 0. The molecular weight excluding hydrogens is 519 g/mol. The van der Waals surface area contributed by atoms with Gasteiger partial charge in [-0.15, -0.1) is 0 Å². The summed E-state index contributed by atoms with van der Waals surface area (Å²) < 4.78 is 46.4. The van der Waals surface area contributed by atoms with E-state index in [1.54, 1.807) is 24.4 Å². The van der Waals surface area contributed by atoms with E-state index in [9.17, 15) is 23.2 Å². The molecule has 38 heavy (non-hydrogen) atoms. The lowest BCUT2D eigenvalue weighted by atomic mass is 10.0. The van der Waals surface area contributed by atoms with Gasteiger partial charge in [0.2, 0.25) is 5.88 Å². The molecule has 1 atom stereocenters. The zero-order chi connectivity index (χ0) is 27.4. The first-order valence-corrected chi connectivity index (χ1v) is 12.5. The number of rotatable bonds is 6. The number of nitrogens with zero attached hydrogens (tertiary/aromatic N) is 5. The van der Waals surface area contributed by atoms with Crippen molar-refractivity contribution < 1.29 is 22.7 Å². The van der Waals surface area contributed by atoms with E-state index < -0.39 is 23.2 Å². The molecule has 7 nitrogen and oxygen atoms in total. The van der Waals surface area contributed by atoms with Gasteiger partial charge >= 0.3 is 6.18 Å². The van der Waals surface area contributed by atoms with E-state index in [1.165, 1.54) is 11.0 Å². The Morgan fingerprint density at radius 3 is 2.68 bits per heavy atom. The highest BCUT2D eigenvalue weighted by Crippen LogP contribution is 2.35. The van der Waals surface area contributed by atoms with Crippen molar-refractivity contribution in [1.29, 1.82) is 5.26 Å². The van der Waals surface area contributed by atoms with Gasteiger partial charge < -0.3 is 14.5 Å². The predicted molar refractivity (Wildman–Crippen MR) is 137 cm³/mol. The third-order valence-corrected chi connectivity index (χ3v) is 6.61. The Balaban J connectivity index is 1.60. The van der Waals surface area contributed by atoms with Crippen molar-refractivity contribution in [3.63, 3.8) is 0 Å². The minimum atomic E-state index is -4.71. The van der Waals surface area contributed by atoms with Crippen molar-refractivity contribution in [2.45, 2.75) is 32.5 Å². The number of aromatic nitrogens is 2. The number of ether oxygens (including phenoxy) is 1. The van der Waals surface area contributed by atoms with Gasteiger partial charge in [-0.3, -0.25) is 4.79 Å². The first-order chi connectivity index (χ1) is 18.2. The molecule has 0 aliphatic carbocycles. The first-order valence-electron chi connectivity index (χ1n) is 12.1. The average molecular weight is 544 g/mol.